The van der Waals surface area contributed by atoms with E-state index in [1.54, 1.807) is 32.9 Å². The van der Waals surface area contributed by atoms with E-state index in [9.17, 15) is 9.59 Å². The fourth-order valence-corrected chi connectivity index (χ4v) is 4.60. The number of hydrogen-bond acceptors (Lipinski definition) is 6. The maximum atomic E-state index is 13.4. The highest BCUT2D eigenvalue weighted by Gasteiger charge is 2.27. The minimum atomic E-state index is -0.778. The SMILES string of the molecule is CC(C)(C)NSN1CCCc2c(NC(=O)C(Cc3ccccc3)NC(=O)OC(C)(C)C)cccc21. The van der Waals surface area contributed by atoms with Gasteiger partial charge in [-0.1, -0.05) is 36.4 Å². The Morgan fingerprint density at radius 2 is 1.74 bits per heavy atom. The van der Waals surface area contributed by atoms with Crippen LogP contribution in [-0.4, -0.2) is 35.7 Å². The third-order valence-corrected chi connectivity index (χ3v) is 6.52. The lowest BCUT2D eigenvalue weighted by Crippen LogP contribution is -2.47. The Balaban J connectivity index is 1.79. The van der Waals surface area contributed by atoms with E-state index >= 15 is 0 Å². The summed E-state index contributed by atoms with van der Waals surface area (Å²) in [6, 6.07) is 14.8. The zero-order valence-electron chi connectivity index (χ0n) is 21.6. The van der Waals surface area contributed by atoms with Crippen LogP contribution in [0.1, 0.15) is 59.1 Å². The molecule has 1 aliphatic heterocycles. The highest BCUT2D eigenvalue weighted by molar-refractivity contribution is 7.98. The Hall–Kier alpha value is -2.71. The Bertz CT molecular complexity index is 1020. The first-order chi connectivity index (χ1) is 16.4. The molecular weight excluding hydrogens is 460 g/mol. The molecule has 1 unspecified atom stereocenters. The number of benzene rings is 2. The molecule has 0 aliphatic carbocycles. The van der Waals surface area contributed by atoms with E-state index in [-0.39, 0.29) is 11.4 Å². The zero-order chi connectivity index (χ0) is 25.6. The van der Waals surface area contributed by atoms with Crippen LogP contribution in [-0.2, 0) is 22.4 Å². The van der Waals surface area contributed by atoms with E-state index in [2.05, 4.69) is 46.5 Å². The predicted octanol–water partition coefficient (Wildman–Crippen LogP) is 5.47. The number of anilines is 2. The molecule has 0 spiro atoms. The lowest BCUT2D eigenvalue weighted by molar-refractivity contribution is -0.118. The Labute approximate surface area is 213 Å². The minimum absolute atomic E-state index is 0.0217. The molecule has 8 heteroatoms. The molecule has 1 aliphatic rings. The van der Waals surface area contributed by atoms with Crippen molar-refractivity contribution in [2.45, 2.75) is 78.0 Å². The van der Waals surface area contributed by atoms with Gasteiger partial charge in [0.2, 0.25) is 5.91 Å². The lowest BCUT2D eigenvalue weighted by Gasteiger charge is -2.33. The van der Waals surface area contributed by atoms with Crippen LogP contribution in [0.3, 0.4) is 0 Å². The molecule has 0 radical (unpaired) electrons. The molecule has 3 N–H and O–H groups in total. The average Bonchev–Trinajstić information content (AvgIpc) is 2.76. The van der Waals surface area contributed by atoms with Crippen molar-refractivity contribution in [1.29, 1.82) is 0 Å². The van der Waals surface area contributed by atoms with Crippen molar-refractivity contribution in [2.24, 2.45) is 0 Å². The molecule has 0 fully saturated rings. The summed E-state index contributed by atoms with van der Waals surface area (Å²) in [6.45, 7) is 12.7. The van der Waals surface area contributed by atoms with Crippen LogP contribution in [0.4, 0.5) is 16.2 Å². The number of carbonyl (C=O) groups is 2. The lowest BCUT2D eigenvalue weighted by atomic mass is 10.0. The molecule has 0 bridgehead atoms. The van der Waals surface area contributed by atoms with Crippen LogP contribution in [0.5, 0.6) is 0 Å². The fourth-order valence-electron chi connectivity index (χ4n) is 3.72. The first-order valence-corrected chi connectivity index (χ1v) is 12.9. The van der Waals surface area contributed by atoms with E-state index in [4.69, 9.17) is 4.74 Å². The second-order valence-corrected chi connectivity index (χ2v) is 11.7. The van der Waals surface area contributed by atoms with Gasteiger partial charge in [0.15, 0.2) is 0 Å². The van der Waals surface area contributed by atoms with Crippen molar-refractivity contribution in [3.05, 3.63) is 59.7 Å². The number of amides is 2. The normalized spacial score (nSPS) is 14.6. The van der Waals surface area contributed by atoms with Crippen molar-refractivity contribution in [1.82, 2.24) is 10.0 Å². The summed E-state index contributed by atoms with van der Waals surface area (Å²) in [5.41, 5.74) is 3.25. The maximum absolute atomic E-state index is 13.4. The monoisotopic (exact) mass is 498 g/mol. The number of hydrogen-bond donors (Lipinski definition) is 3. The summed E-state index contributed by atoms with van der Waals surface area (Å²) < 4.78 is 11.1. The molecule has 190 valence electrons. The predicted molar refractivity (Wildman–Crippen MR) is 145 cm³/mol. The zero-order valence-corrected chi connectivity index (χ0v) is 22.4. The third kappa shape index (κ3) is 8.47. The number of rotatable bonds is 7. The van der Waals surface area contributed by atoms with Gasteiger partial charge in [-0.3, -0.25) is 4.79 Å². The number of fused-ring (bicyclic) bond motifs is 1. The van der Waals surface area contributed by atoms with Gasteiger partial charge < -0.3 is 19.7 Å². The Morgan fingerprint density at radius 1 is 1.03 bits per heavy atom. The van der Waals surface area contributed by atoms with Crippen LogP contribution in [0, 0.1) is 0 Å². The first-order valence-electron chi connectivity index (χ1n) is 12.1. The number of nitrogens with one attached hydrogen (secondary N) is 3. The highest BCUT2D eigenvalue weighted by atomic mass is 32.2. The summed E-state index contributed by atoms with van der Waals surface area (Å²) in [4.78, 5) is 25.9. The van der Waals surface area contributed by atoms with Crippen LogP contribution in [0.15, 0.2) is 48.5 Å². The van der Waals surface area contributed by atoms with Gasteiger partial charge in [-0.25, -0.2) is 9.52 Å². The summed E-state index contributed by atoms with van der Waals surface area (Å²) in [5, 5.41) is 5.86. The number of alkyl carbamates (subject to hydrolysis) is 1. The molecule has 35 heavy (non-hydrogen) atoms. The van der Waals surface area contributed by atoms with Gasteiger partial charge in [0.1, 0.15) is 11.6 Å². The van der Waals surface area contributed by atoms with Crippen LogP contribution in [0.25, 0.3) is 0 Å². The quantitative estimate of drug-likeness (QED) is 0.440. The van der Waals surface area contributed by atoms with Crippen LogP contribution < -0.4 is 19.7 Å². The van der Waals surface area contributed by atoms with Gasteiger partial charge in [-0.05, 0) is 77.6 Å². The molecule has 0 saturated heterocycles. The second-order valence-electron chi connectivity index (χ2n) is 10.8. The molecular formula is C27H38N4O3S. The molecule has 1 atom stereocenters. The van der Waals surface area contributed by atoms with E-state index in [0.717, 1.165) is 41.9 Å². The third-order valence-electron chi connectivity index (χ3n) is 5.22. The molecule has 2 amide bonds. The summed E-state index contributed by atoms with van der Waals surface area (Å²) in [7, 11) is 0. The minimum Gasteiger partial charge on any atom is -0.444 e. The highest BCUT2D eigenvalue weighted by Crippen LogP contribution is 2.36. The van der Waals surface area contributed by atoms with Gasteiger partial charge in [-0.15, -0.1) is 0 Å². The van der Waals surface area contributed by atoms with E-state index in [0.29, 0.717) is 6.42 Å². The van der Waals surface area contributed by atoms with E-state index in [1.165, 1.54) is 0 Å². The fraction of sp³-hybridized carbons (Fsp3) is 0.481. The van der Waals surface area contributed by atoms with E-state index in [1.807, 2.05) is 42.5 Å². The average molecular weight is 499 g/mol. The number of carbonyl (C=O) groups excluding carboxylic acids is 2. The Morgan fingerprint density at radius 3 is 2.40 bits per heavy atom. The Kier molecular flexibility index (Phi) is 8.72. The molecule has 3 rings (SSSR count). The molecule has 2 aromatic carbocycles. The summed E-state index contributed by atoms with van der Waals surface area (Å²) >= 11 is 1.59. The molecule has 1 heterocycles. The first kappa shape index (κ1) is 26.9. The molecule has 0 saturated carbocycles. The largest absolute Gasteiger partial charge is 0.444 e. The number of ether oxygens (including phenoxy) is 1. The number of nitrogens with zero attached hydrogens (tertiary/aromatic N) is 1. The van der Waals surface area contributed by atoms with Crippen molar-refractivity contribution in [3.8, 4) is 0 Å². The van der Waals surface area contributed by atoms with Crippen molar-refractivity contribution in [3.63, 3.8) is 0 Å². The van der Waals surface area contributed by atoms with Crippen molar-refractivity contribution >= 4 is 35.5 Å². The van der Waals surface area contributed by atoms with Crippen LogP contribution in [0.2, 0.25) is 0 Å². The summed E-state index contributed by atoms with van der Waals surface area (Å²) in [6.07, 6.45) is 1.61. The standard InChI is InChI=1S/C27H38N4O3S/c1-26(2,3)30-35-31-17-11-14-20-21(15-10-16-23(20)31)28-24(32)22(18-19-12-8-7-9-13-19)29-25(33)34-27(4,5)6/h7-10,12-13,15-16,22,30H,11,14,17-18H2,1-6H3,(H,28,32)(H,29,33). The summed E-state index contributed by atoms with van der Waals surface area (Å²) in [5.74, 6) is -0.272. The maximum Gasteiger partial charge on any atom is 0.408 e. The van der Waals surface area contributed by atoms with Gasteiger partial charge in [0, 0.05) is 36.3 Å². The van der Waals surface area contributed by atoms with Crippen LogP contribution >= 0.6 is 12.1 Å². The van der Waals surface area contributed by atoms with Gasteiger partial charge >= 0.3 is 6.09 Å². The van der Waals surface area contributed by atoms with E-state index < -0.39 is 17.7 Å². The van der Waals surface area contributed by atoms with Crippen molar-refractivity contribution in [2.75, 3.05) is 16.2 Å². The second kappa shape index (κ2) is 11.4. The topological polar surface area (TPSA) is 82.7 Å². The van der Waals surface area contributed by atoms with Gasteiger partial charge in [-0.2, -0.15) is 0 Å². The smallest absolute Gasteiger partial charge is 0.408 e. The molecule has 2 aromatic rings. The van der Waals surface area contributed by atoms with Gasteiger partial charge in [0.25, 0.3) is 0 Å². The van der Waals surface area contributed by atoms with Gasteiger partial charge in [0.05, 0.1) is 5.69 Å². The van der Waals surface area contributed by atoms with Crippen molar-refractivity contribution < 1.29 is 14.3 Å². The molecule has 7 nitrogen and oxygen atoms in total. The molecule has 0 aromatic heterocycles.